The maximum Gasteiger partial charge on any atom is 0.341 e. The van der Waals surface area contributed by atoms with Crippen LogP contribution in [0.25, 0.3) is 21.3 Å². The Hall–Kier alpha value is -2.60. The van der Waals surface area contributed by atoms with Gasteiger partial charge in [-0.05, 0) is 60.8 Å². The number of carboxylic acids is 1. The molecule has 1 unspecified atom stereocenters. The summed E-state index contributed by atoms with van der Waals surface area (Å²) in [5.74, 6) is -0.0416. The molecule has 1 saturated carbocycles. The van der Waals surface area contributed by atoms with Crippen LogP contribution < -0.4 is 10.2 Å². The summed E-state index contributed by atoms with van der Waals surface area (Å²) in [6.07, 6.45) is 5.70. The lowest BCUT2D eigenvalue weighted by Gasteiger charge is -2.36. The van der Waals surface area contributed by atoms with Crippen molar-refractivity contribution in [3.8, 4) is 16.2 Å². The second-order valence-electron chi connectivity index (χ2n) is 9.57. The van der Waals surface area contributed by atoms with E-state index in [1.165, 1.54) is 23.1 Å². The lowest BCUT2D eigenvalue weighted by molar-refractivity contribution is 0.0695. The Morgan fingerprint density at radius 2 is 2.03 bits per heavy atom. The number of methoxy groups -OCH3 is 1. The van der Waals surface area contributed by atoms with Crippen LogP contribution in [-0.2, 0) is 6.42 Å². The molecule has 31 heavy (non-hydrogen) atoms. The van der Waals surface area contributed by atoms with E-state index < -0.39 is 11.4 Å². The van der Waals surface area contributed by atoms with Crippen LogP contribution in [-0.4, -0.2) is 22.8 Å². The maximum absolute atomic E-state index is 12.9. The molecule has 6 heteroatoms. The third-order valence-electron chi connectivity index (χ3n) is 7.23. The number of hydrogen-bond donors (Lipinski definition) is 1. The first kappa shape index (κ1) is 20.3. The Labute approximate surface area is 185 Å². The predicted molar refractivity (Wildman–Crippen MR) is 124 cm³/mol. The number of benzene rings is 1. The Balaban J connectivity index is 1.75. The van der Waals surface area contributed by atoms with E-state index in [1.54, 1.807) is 13.2 Å². The molecule has 2 aliphatic carbocycles. The first-order chi connectivity index (χ1) is 14.7. The van der Waals surface area contributed by atoms with Gasteiger partial charge in [-0.15, -0.1) is 11.3 Å². The number of pyridine rings is 1. The molecule has 2 aliphatic rings. The van der Waals surface area contributed by atoms with Crippen LogP contribution in [0, 0.1) is 5.41 Å². The van der Waals surface area contributed by atoms with E-state index in [0.717, 1.165) is 29.7 Å². The van der Waals surface area contributed by atoms with Crippen molar-refractivity contribution in [2.75, 3.05) is 7.11 Å². The molecule has 162 valence electrons. The molecule has 2 heterocycles. The topological polar surface area (TPSA) is 68.5 Å². The molecule has 0 aliphatic heterocycles. The van der Waals surface area contributed by atoms with Crippen LogP contribution >= 0.6 is 11.3 Å². The van der Waals surface area contributed by atoms with Gasteiger partial charge < -0.3 is 14.4 Å². The van der Waals surface area contributed by atoms with Gasteiger partial charge in [0, 0.05) is 27.6 Å². The monoisotopic (exact) mass is 437 g/mol. The fourth-order valence-electron chi connectivity index (χ4n) is 4.78. The molecular weight excluding hydrogens is 410 g/mol. The van der Waals surface area contributed by atoms with E-state index in [9.17, 15) is 14.7 Å². The van der Waals surface area contributed by atoms with Crippen molar-refractivity contribution >= 4 is 28.2 Å². The van der Waals surface area contributed by atoms with Crippen LogP contribution in [0.15, 0.2) is 29.2 Å². The largest absolute Gasteiger partial charge is 0.494 e. The number of aryl methyl sites for hydroxylation is 1. The number of aromatic nitrogens is 1. The summed E-state index contributed by atoms with van der Waals surface area (Å²) < 4.78 is 7.83. The minimum Gasteiger partial charge on any atom is -0.494 e. The Kier molecular flexibility index (Phi) is 4.56. The molecule has 2 aromatic heterocycles. The number of thiophene rings is 1. The van der Waals surface area contributed by atoms with E-state index in [4.69, 9.17) is 4.74 Å². The highest BCUT2D eigenvalue weighted by Gasteiger charge is 2.35. The fraction of sp³-hybridized carbons (Fsp3) is 0.440. The molecular formula is C25H27NO4S. The average molecular weight is 438 g/mol. The number of carbonyl (C=O) groups is 1. The highest BCUT2D eigenvalue weighted by molar-refractivity contribution is 7.15. The summed E-state index contributed by atoms with van der Waals surface area (Å²) in [6.45, 7) is 6.99. The van der Waals surface area contributed by atoms with E-state index >= 15 is 0 Å². The van der Waals surface area contributed by atoms with Crippen molar-refractivity contribution in [1.82, 2.24) is 4.57 Å². The van der Waals surface area contributed by atoms with E-state index in [0.29, 0.717) is 22.6 Å². The van der Waals surface area contributed by atoms with Gasteiger partial charge >= 0.3 is 5.97 Å². The van der Waals surface area contributed by atoms with Gasteiger partial charge in [-0.1, -0.05) is 20.8 Å². The minimum atomic E-state index is -1.19. The zero-order valence-electron chi connectivity index (χ0n) is 18.3. The molecule has 0 amide bonds. The van der Waals surface area contributed by atoms with Crippen molar-refractivity contribution in [3.05, 3.63) is 50.6 Å². The number of carboxylic acid groups (broad SMARTS) is 1. The molecule has 1 fully saturated rings. The number of nitrogens with zero attached hydrogens (tertiary/aromatic N) is 1. The normalized spacial score (nSPS) is 19.9. The van der Waals surface area contributed by atoms with Gasteiger partial charge in [0.2, 0.25) is 5.43 Å². The Bertz CT molecular complexity index is 1280. The highest BCUT2D eigenvalue weighted by Crippen LogP contribution is 2.51. The summed E-state index contributed by atoms with van der Waals surface area (Å²) in [5, 5.41) is 9.93. The smallest absolute Gasteiger partial charge is 0.341 e. The highest BCUT2D eigenvalue weighted by atomic mass is 32.1. The minimum absolute atomic E-state index is 0.183. The van der Waals surface area contributed by atoms with Crippen LogP contribution in [0.4, 0.5) is 0 Å². The lowest BCUT2D eigenvalue weighted by Crippen LogP contribution is -2.24. The molecule has 0 saturated heterocycles. The number of aromatic carboxylic acids is 1. The zero-order chi connectivity index (χ0) is 22.1. The van der Waals surface area contributed by atoms with Crippen molar-refractivity contribution in [3.63, 3.8) is 0 Å². The van der Waals surface area contributed by atoms with Crippen LogP contribution in [0.2, 0.25) is 0 Å². The van der Waals surface area contributed by atoms with Gasteiger partial charge in [0.15, 0.2) is 5.75 Å². The van der Waals surface area contributed by atoms with E-state index in [1.807, 2.05) is 22.0 Å². The van der Waals surface area contributed by atoms with Crippen molar-refractivity contribution < 1.29 is 14.6 Å². The van der Waals surface area contributed by atoms with Gasteiger partial charge in [-0.25, -0.2) is 4.79 Å². The Morgan fingerprint density at radius 3 is 2.68 bits per heavy atom. The summed E-state index contributed by atoms with van der Waals surface area (Å²) in [7, 11) is 1.63. The molecule has 5 nitrogen and oxygen atoms in total. The molecule has 1 atom stereocenters. The van der Waals surface area contributed by atoms with E-state index in [-0.39, 0.29) is 17.0 Å². The quantitative estimate of drug-likeness (QED) is 0.556. The van der Waals surface area contributed by atoms with Gasteiger partial charge in [-0.2, -0.15) is 0 Å². The summed E-state index contributed by atoms with van der Waals surface area (Å²) in [4.78, 5) is 27.1. The molecule has 1 N–H and O–H groups in total. The lowest BCUT2D eigenvalue weighted by atomic mass is 9.70. The van der Waals surface area contributed by atoms with Crippen LogP contribution in [0.1, 0.15) is 72.8 Å². The number of rotatable bonds is 4. The fourth-order valence-corrected chi connectivity index (χ4v) is 6.27. The summed E-state index contributed by atoms with van der Waals surface area (Å²) in [5.41, 5.74) is 2.73. The predicted octanol–water partition coefficient (Wildman–Crippen LogP) is 5.85. The zero-order valence-corrected chi connectivity index (χ0v) is 19.1. The Morgan fingerprint density at radius 1 is 1.29 bits per heavy atom. The molecule has 0 radical (unpaired) electrons. The molecule has 5 rings (SSSR count). The van der Waals surface area contributed by atoms with Gasteiger partial charge in [0.05, 0.1) is 18.0 Å². The van der Waals surface area contributed by atoms with E-state index in [2.05, 4.69) is 26.8 Å². The average Bonchev–Trinajstić information content (AvgIpc) is 3.48. The number of fused-ring (bicyclic) bond motifs is 2. The standard InChI is InChI=1S/C25H27NO4S/c1-13-23-14(9-10-25(13,2)3)11-19(31-23)16-7-8-17-20(22(16)30-4)26(15-5-6-15)12-18(21(17)27)24(28)29/h7-8,11-13,15H,5-6,9-10H2,1-4H3,(H,28,29). The van der Waals surface area contributed by atoms with Crippen LogP contribution in [0.5, 0.6) is 5.75 Å². The number of ether oxygens (including phenoxy) is 1. The molecule has 1 aromatic carbocycles. The molecule has 0 bridgehead atoms. The van der Waals surface area contributed by atoms with Crippen molar-refractivity contribution in [1.29, 1.82) is 0 Å². The SMILES string of the molecule is COc1c(-c2cc3c(s2)C(C)C(C)(C)CC3)ccc2c(=O)c(C(=O)O)cn(C3CC3)c12. The number of hydrogen-bond acceptors (Lipinski definition) is 4. The molecule has 3 aromatic rings. The maximum atomic E-state index is 12.9. The first-order valence-corrected chi connectivity index (χ1v) is 11.7. The second kappa shape index (κ2) is 6.95. The van der Waals surface area contributed by atoms with Crippen molar-refractivity contribution in [2.45, 2.75) is 58.4 Å². The van der Waals surface area contributed by atoms with Gasteiger partial charge in [0.25, 0.3) is 0 Å². The van der Waals surface area contributed by atoms with Gasteiger partial charge in [0.1, 0.15) is 5.56 Å². The molecule has 0 spiro atoms. The van der Waals surface area contributed by atoms with Gasteiger partial charge in [-0.3, -0.25) is 4.79 Å². The van der Waals surface area contributed by atoms with Crippen molar-refractivity contribution in [2.24, 2.45) is 5.41 Å². The third kappa shape index (κ3) is 3.11. The first-order valence-electron chi connectivity index (χ1n) is 10.8. The van der Waals surface area contributed by atoms with Crippen LogP contribution in [0.3, 0.4) is 0 Å². The second-order valence-corrected chi connectivity index (χ2v) is 10.7. The third-order valence-corrected chi connectivity index (χ3v) is 8.63. The summed E-state index contributed by atoms with van der Waals surface area (Å²) >= 11 is 1.82. The summed E-state index contributed by atoms with van der Waals surface area (Å²) in [6, 6.07) is 6.18.